The standard InChI is InChI=1S/C13H26N2/c1-11(2)12-3-7-15(8-4-12)10-13(9-14)5-6-13/h11-12H,3-10,14H2,1-2H3. The van der Waals surface area contributed by atoms with Gasteiger partial charge >= 0.3 is 0 Å². The number of rotatable bonds is 4. The van der Waals surface area contributed by atoms with E-state index < -0.39 is 0 Å². The third kappa shape index (κ3) is 2.73. The van der Waals surface area contributed by atoms with Crippen molar-refractivity contribution in [2.45, 2.75) is 39.5 Å². The maximum atomic E-state index is 5.83. The second kappa shape index (κ2) is 4.42. The minimum atomic E-state index is 0.532. The van der Waals surface area contributed by atoms with Gasteiger partial charge in [0.2, 0.25) is 0 Å². The van der Waals surface area contributed by atoms with Crippen molar-refractivity contribution < 1.29 is 0 Å². The largest absolute Gasteiger partial charge is 0.330 e. The highest BCUT2D eigenvalue weighted by atomic mass is 15.1. The molecule has 1 aliphatic heterocycles. The Hall–Kier alpha value is -0.0800. The Labute approximate surface area is 94.2 Å². The zero-order chi connectivity index (χ0) is 10.9. The third-order valence-corrected chi connectivity index (χ3v) is 4.52. The fraction of sp³-hybridized carbons (Fsp3) is 1.00. The van der Waals surface area contributed by atoms with Crippen LogP contribution >= 0.6 is 0 Å². The molecule has 1 saturated carbocycles. The lowest BCUT2D eigenvalue weighted by molar-refractivity contribution is 0.135. The summed E-state index contributed by atoms with van der Waals surface area (Å²) in [6, 6.07) is 0. The first-order chi connectivity index (χ1) is 7.15. The highest BCUT2D eigenvalue weighted by Gasteiger charge is 2.42. The smallest absolute Gasteiger partial charge is 0.00501 e. The molecule has 0 bridgehead atoms. The summed E-state index contributed by atoms with van der Waals surface area (Å²) in [5.41, 5.74) is 6.37. The van der Waals surface area contributed by atoms with E-state index in [-0.39, 0.29) is 0 Å². The topological polar surface area (TPSA) is 29.3 Å². The second-order valence-electron chi connectivity index (χ2n) is 6.06. The number of likely N-dealkylation sites (tertiary alicyclic amines) is 1. The summed E-state index contributed by atoms with van der Waals surface area (Å²) in [6.45, 7) is 9.52. The van der Waals surface area contributed by atoms with Crippen LogP contribution in [0.2, 0.25) is 0 Å². The van der Waals surface area contributed by atoms with Crippen molar-refractivity contribution in [1.29, 1.82) is 0 Å². The Morgan fingerprint density at radius 1 is 1.27 bits per heavy atom. The van der Waals surface area contributed by atoms with Crippen LogP contribution in [0.3, 0.4) is 0 Å². The van der Waals surface area contributed by atoms with E-state index in [0.29, 0.717) is 5.41 Å². The van der Waals surface area contributed by atoms with Gasteiger partial charge < -0.3 is 10.6 Å². The molecule has 1 aliphatic carbocycles. The third-order valence-electron chi connectivity index (χ3n) is 4.52. The van der Waals surface area contributed by atoms with Crippen LogP contribution in [-0.2, 0) is 0 Å². The summed E-state index contributed by atoms with van der Waals surface area (Å²) in [4.78, 5) is 2.65. The molecule has 2 fully saturated rings. The van der Waals surface area contributed by atoms with Crippen LogP contribution in [0.1, 0.15) is 39.5 Å². The Balaban J connectivity index is 1.74. The summed E-state index contributed by atoms with van der Waals surface area (Å²) in [5.74, 6) is 1.84. The fourth-order valence-electron chi connectivity index (χ4n) is 2.86. The number of hydrogen-bond donors (Lipinski definition) is 1. The average Bonchev–Trinajstić information content (AvgIpc) is 2.99. The molecule has 2 nitrogen and oxygen atoms in total. The van der Waals surface area contributed by atoms with Gasteiger partial charge in [0.05, 0.1) is 0 Å². The van der Waals surface area contributed by atoms with Gasteiger partial charge in [-0.1, -0.05) is 13.8 Å². The van der Waals surface area contributed by atoms with Crippen molar-refractivity contribution >= 4 is 0 Å². The van der Waals surface area contributed by atoms with Crippen molar-refractivity contribution in [2.24, 2.45) is 23.0 Å². The van der Waals surface area contributed by atoms with E-state index in [9.17, 15) is 0 Å². The molecule has 2 rings (SSSR count). The zero-order valence-electron chi connectivity index (χ0n) is 10.3. The predicted molar refractivity (Wildman–Crippen MR) is 64.7 cm³/mol. The number of piperidine rings is 1. The molecule has 0 aromatic rings. The lowest BCUT2D eigenvalue weighted by atomic mass is 9.86. The summed E-state index contributed by atoms with van der Waals surface area (Å²) < 4.78 is 0. The quantitative estimate of drug-likeness (QED) is 0.770. The van der Waals surface area contributed by atoms with Gasteiger partial charge in [-0.25, -0.2) is 0 Å². The first-order valence-corrected chi connectivity index (χ1v) is 6.58. The van der Waals surface area contributed by atoms with Crippen molar-refractivity contribution in [3.63, 3.8) is 0 Å². The summed E-state index contributed by atoms with van der Waals surface area (Å²) in [5, 5.41) is 0. The minimum Gasteiger partial charge on any atom is -0.330 e. The molecule has 0 amide bonds. The molecule has 1 saturated heterocycles. The number of nitrogens with zero attached hydrogens (tertiary/aromatic N) is 1. The van der Waals surface area contributed by atoms with Crippen LogP contribution < -0.4 is 5.73 Å². The van der Waals surface area contributed by atoms with Crippen LogP contribution in [0.4, 0.5) is 0 Å². The van der Waals surface area contributed by atoms with Crippen LogP contribution in [0.15, 0.2) is 0 Å². The van der Waals surface area contributed by atoms with Gasteiger partial charge in [-0.05, 0) is 62.6 Å². The highest BCUT2D eigenvalue weighted by Crippen LogP contribution is 2.45. The first-order valence-electron chi connectivity index (χ1n) is 6.58. The Bertz CT molecular complexity index is 201. The average molecular weight is 210 g/mol. The highest BCUT2D eigenvalue weighted by molar-refractivity contribution is 4.96. The van der Waals surface area contributed by atoms with E-state index in [1.54, 1.807) is 0 Å². The van der Waals surface area contributed by atoms with E-state index in [4.69, 9.17) is 5.73 Å². The number of hydrogen-bond acceptors (Lipinski definition) is 2. The molecule has 0 atom stereocenters. The van der Waals surface area contributed by atoms with Crippen LogP contribution in [0.25, 0.3) is 0 Å². The van der Waals surface area contributed by atoms with Crippen LogP contribution in [0.5, 0.6) is 0 Å². The van der Waals surface area contributed by atoms with Crippen molar-refractivity contribution in [1.82, 2.24) is 4.90 Å². The molecule has 0 radical (unpaired) electrons. The normalized spacial score (nSPS) is 27.2. The van der Waals surface area contributed by atoms with Crippen LogP contribution in [0, 0.1) is 17.3 Å². The summed E-state index contributed by atoms with van der Waals surface area (Å²) >= 11 is 0. The van der Waals surface area contributed by atoms with Crippen molar-refractivity contribution in [3.8, 4) is 0 Å². The Morgan fingerprint density at radius 2 is 1.87 bits per heavy atom. The minimum absolute atomic E-state index is 0.532. The maximum absolute atomic E-state index is 5.83. The van der Waals surface area contributed by atoms with Gasteiger partial charge in [-0.2, -0.15) is 0 Å². The Kier molecular flexibility index (Phi) is 3.36. The monoisotopic (exact) mass is 210 g/mol. The van der Waals surface area contributed by atoms with E-state index in [1.165, 1.54) is 45.3 Å². The molecule has 0 aromatic carbocycles. The van der Waals surface area contributed by atoms with E-state index >= 15 is 0 Å². The van der Waals surface area contributed by atoms with E-state index in [2.05, 4.69) is 18.7 Å². The van der Waals surface area contributed by atoms with Gasteiger partial charge in [0.15, 0.2) is 0 Å². The van der Waals surface area contributed by atoms with Gasteiger partial charge in [-0.15, -0.1) is 0 Å². The lowest BCUT2D eigenvalue weighted by Gasteiger charge is -2.35. The summed E-state index contributed by atoms with van der Waals surface area (Å²) in [7, 11) is 0. The van der Waals surface area contributed by atoms with Gasteiger partial charge in [-0.3, -0.25) is 0 Å². The molecule has 15 heavy (non-hydrogen) atoms. The Morgan fingerprint density at radius 3 is 2.27 bits per heavy atom. The van der Waals surface area contributed by atoms with Gasteiger partial charge in [0.1, 0.15) is 0 Å². The first kappa shape index (κ1) is 11.4. The van der Waals surface area contributed by atoms with E-state index in [0.717, 1.165) is 18.4 Å². The number of nitrogens with two attached hydrogens (primary N) is 1. The maximum Gasteiger partial charge on any atom is 0.00501 e. The zero-order valence-corrected chi connectivity index (χ0v) is 10.3. The van der Waals surface area contributed by atoms with Crippen LogP contribution in [-0.4, -0.2) is 31.1 Å². The molecule has 88 valence electrons. The molecule has 0 unspecified atom stereocenters. The fourth-order valence-corrected chi connectivity index (χ4v) is 2.86. The van der Waals surface area contributed by atoms with Gasteiger partial charge in [0, 0.05) is 6.54 Å². The molecule has 0 aromatic heterocycles. The molecule has 1 heterocycles. The molecule has 2 N–H and O–H groups in total. The molecular weight excluding hydrogens is 184 g/mol. The van der Waals surface area contributed by atoms with Crippen molar-refractivity contribution in [2.75, 3.05) is 26.2 Å². The second-order valence-corrected chi connectivity index (χ2v) is 6.06. The van der Waals surface area contributed by atoms with Gasteiger partial charge in [0.25, 0.3) is 0 Å². The summed E-state index contributed by atoms with van der Waals surface area (Å²) in [6.07, 6.45) is 5.54. The molecule has 2 heteroatoms. The lowest BCUT2D eigenvalue weighted by Crippen LogP contribution is -2.40. The molecular formula is C13H26N2. The predicted octanol–water partition coefficient (Wildman–Crippen LogP) is 2.09. The SMILES string of the molecule is CC(C)C1CCN(CC2(CN)CC2)CC1. The van der Waals surface area contributed by atoms with Crippen molar-refractivity contribution in [3.05, 3.63) is 0 Å². The molecule has 0 spiro atoms. The molecule has 2 aliphatic rings. The van der Waals surface area contributed by atoms with E-state index in [1.807, 2.05) is 0 Å².